The number of rotatable bonds is 6. The Morgan fingerprint density at radius 1 is 1.35 bits per heavy atom. The zero-order valence-corrected chi connectivity index (χ0v) is 10.8. The number of amides is 1. The van der Waals surface area contributed by atoms with Crippen LogP contribution >= 0.6 is 0 Å². The van der Waals surface area contributed by atoms with E-state index in [2.05, 4.69) is 6.92 Å². The van der Waals surface area contributed by atoms with E-state index in [1.54, 1.807) is 4.90 Å². The molecule has 0 fully saturated rings. The van der Waals surface area contributed by atoms with E-state index in [0.717, 1.165) is 18.5 Å². The second-order valence-corrected chi connectivity index (χ2v) is 4.44. The van der Waals surface area contributed by atoms with E-state index in [9.17, 15) is 4.79 Å². The average molecular weight is 234 g/mol. The fraction of sp³-hybridized carbons (Fsp3) is 0.500. The number of unbranched alkanes of at least 4 members (excludes halogenated alkanes) is 2. The lowest BCUT2D eigenvalue weighted by atomic mass is 10.1. The lowest BCUT2D eigenvalue weighted by Gasteiger charge is -2.17. The number of carbonyl (C=O) groups is 1. The number of nitrogen functional groups attached to an aromatic ring is 1. The van der Waals surface area contributed by atoms with Crippen LogP contribution in [0, 0.1) is 0 Å². The molecule has 0 saturated heterocycles. The molecular weight excluding hydrogens is 212 g/mol. The van der Waals surface area contributed by atoms with E-state index in [4.69, 9.17) is 5.73 Å². The van der Waals surface area contributed by atoms with Crippen LogP contribution < -0.4 is 5.73 Å². The summed E-state index contributed by atoms with van der Waals surface area (Å²) in [7, 11) is 1.87. The molecule has 0 heterocycles. The van der Waals surface area contributed by atoms with Crippen molar-refractivity contribution in [1.82, 2.24) is 4.90 Å². The second-order valence-electron chi connectivity index (χ2n) is 4.44. The number of hydrogen-bond acceptors (Lipinski definition) is 2. The van der Waals surface area contributed by atoms with Crippen molar-refractivity contribution in [3.05, 3.63) is 29.8 Å². The molecule has 3 nitrogen and oxygen atoms in total. The van der Waals surface area contributed by atoms with Gasteiger partial charge in [0.1, 0.15) is 0 Å². The van der Waals surface area contributed by atoms with Gasteiger partial charge in [0.05, 0.1) is 6.42 Å². The van der Waals surface area contributed by atoms with Gasteiger partial charge in [-0.15, -0.1) is 0 Å². The number of nitrogens with two attached hydrogens (primary N) is 1. The minimum absolute atomic E-state index is 0.159. The highest BCUT2D eigenvalue weighted by atomic mass is 16.2. The van der Waals surface area contributed by atoms with Gasteiger partial charge >= 0.3 is 0 Å². The largest absolute Gasteiger partial charge is 0.399 e. The van der Waals surface area contributed by atoms with Gasteiger partial charge < -0.3 is 10.6 Å². The van der Waals surface area contributed by atoms with Gasteiger partial charge in [-0.3, -0.25) is 4.79 Å². The maximum absolute atomic E-state index is 11.9. The maximum Gasteiger partial charge on any atom is 0.226 e. The van der Waals surface area contributed by atoms with Crippen LogP contribution in [0.5, 0.6) is 0 Å². The molecule has 0 radical (unpaired) electrons. The van der Waals surface area contributed by atoms with Crippen LogP contribution in [-0.2, 0) is 11.2 Å². The first-order chi connectivity index (χ1) is 8.13. The van der Waals surface area contributed by atoms with Crippen molar-refractivity contribution in [2.24, 2.45) is 0 Å². The van der Waals surface area contributed by atoms with Crippen LogP contribution in [0.2, 0.25) is 0 Å². The molecule has 0 atom stereocenters. The number of benzene rings is 1. The number of hydrogen-bond donors (Lipinski definition) is 1. The van der Waals surface area contributed by atoms with Gasteiger partial charge in [0.2, 0.25) is 5.91 Å². The monoisotopic (exact) mass is 234 g/mol. The normalized spacial score (nSPS) is 10.2. The van der Waals surface area contributed by atoms with Gasteiger partial charge in [0.15, 0.2) is 0 Å². The minimum Gasteiger partial charge on any atom is -0.399 e. The molecule has 0 aliphatic heterocycles. The zero-order chi connectivity index (χ0) is 12.7. The summed E-state index contributed by atoms with van der Waals surface area (Å²) in [4.78, 5) is 13.7. The highest BCUT2D eigenvalue weighted by Gasteiger charge is 2.09. The van der Waals surface area contributed by atoms with Crippen LogP contribution in [0.25, 0.3) is 0 Å². The first-order valence-corrected chi connectivity index (χ1v) is 6.22. The Morgan fingerprint density at radius 2 is 2.12 bits per heavy atom. The molecule has 17 heavy (non-hydrogen) atoms. The molecular formula is C14H22N2O. The van der Waals surface area contributed by atoms with Gasteiger partial charge in [-0.25, -0.2) is 0 Å². The van der Waals surface area contributed by atoms with Crippen molar-refractivity contribution in [3.63, 3.8) is 0 Å². The lowest BCUT2D eigenvalue weighted by molar-refractivity contribution is -0.129. The highest BCUT2D eigenvalue weighted by Crippen LogP contribution is 2.08. The maximum atomic E-state index is 11.9. The molecule has 94 valence electrons. The molecule has 0 unspecified atom stereocenters. The van der Waals surface area contributed by atoms with E-state index in [1.165, 1.54) is 12.8 Å². The third kappa shape index (κ3) is 4.89. The summed E-state index contributed by atoms with van der Waals surface area (Å²) in [6.45, 7) is 3.00. The van der Waals surface area contributed by atoms with E-state index in [-0.39, 0.29) is 5.91 Å². The number of carbonyl (C=O) groups excluding carboxylic acids is 1. The summed E-state index contributed by atoms with van der Waals surface area (Å²) >= 11 is 0. The van der Waals surface area contributed by atoms with Gasteiger partial charge in [0, 0.05) is 19.3 Å². The van der Waals surface area contributed by atoms with E-state index >= 15 is 0 Å². The van der Waals surface area contributed by atoms with Crippen LogP contribution in [-0.4, -0.2) is 24.4 Å². The molecule has 0 spiro atoms. The Labute approximate surface area is 104 Å². The SMILES string of the molecule is CCCCCN(C)C(=O)Cc1cccc(N)c1. The Morgan fingerprint density at radius 3 is 2.76 bits per heavy atom. The molecule has 3 heteroatoms. The zero-order valence-electron chi connectivity index (χ0n) is 10.8. The van der Waals surface area contributed by atoms with Gasteiger partial charge in [0.25, 0.3) is 0 Å². The lowest BCUT2D eigenvalue weighted by Crippen LogP contribution is -2.29. The van der Waals surface area contributed by atoms with Gasteiger partial charge in [-0.1, -0.05) is 31.9 Å². The van der Waals surface area contributed by atoms with E-state index in [0.29, 0.717) is 12.1 Å². The van der Waals surface area contributed by atoms with Crippen molar-refractivity contribution in [3.8, 4) is 0 Å². The standard InChI is InChI=1S/C14H22N2O/c1-3-4-5-9-16(2)14(17)11-12-7-6-8-13(15)10-12/h6-8,10H,3-5,9,11,15H2,1-2H3. The van der Waals surface area contributed by atoms with Crippen LogP contribution in [0.15, 0.2) is 24.3 Å². The van der Waals surface area contributed by atoms with Crippen molar-refractivity contribution in [1.29, 1.82) is 0 Å². The Kier molecular flexibility index (Phi) is 5.53. The summed E-state index contributed by atoms with van der Waals surface area (Å²) < 4.78 is 0. The number of likely N-dealkylation sites (N-methyl/N-ethyl adjacent to an activating group) is 1. The molecule has 0 saturated carbocycles. The molecule has 1 amide bonds. The fourth-order valence-electron chi connectivity index (χ4n) is 1.74. The van der Waals surface area contributed by atoms with Crippen LogP contribution in [0.1, 0.15) is 31.7 Å². The van der Waals surface area contributed by atoms with Crippen molar-refractivity contribution in [2.45, 2.75) is 32.6 Å². The summed E-state index contributed by atoms with van der Waals surface area (Å²) in [5.74, 6) is 0.159. The molecule has 1 rings (SSSR count). The van der Waals surface area contributed by atoms with Crippen molar-refractivity contribution < 1.29 is 4.79 Å². The Hall–Kier alpha value is -1.51. The summed E-state index contributed by atoms with van der Waals surface area (Å²) in [6.07, 6.45) is 3.87. The predicted octanol–water partition coefficient (Wildman–Crippen LogP) is 2.46. The summed E-state index contributed by atoms with van der Waals surface area (Å²) in [5.41, 5.74) is 7.38. The Bertz CT molecular complexity index is 363. The van der Waals surface area contributed by atoms with E-state index < -0.39 is 0 Å². The second kappa shape index (κ2) is 6.94. The molecule has 0 aromatic heterocycles. The van der Waals surface area contributed by atoms with Crippen LogP contribution in [0.3, 0.4) is 0 Å². The minimum atomic E-state index is 0.159. The smallest absolute Gasteiger partial charge is 0.226 e. The highest BCUT2D eigenvalue weighted by molar-refractivity contribution is 5.78. The third-order valence-electron chi connectivity index (χ3n) is 2.83. The molecule has 0 aliphatic carbocycles. The quantitative estimate of drug-likeness (QED) is 0.607. The Balaban J connectivity index is 2.43. The molecule has 0 bridgehead atoms. The molecule has 1 aromatic rings. The van der Waals surface area contributed by atoms with Gasteiger partial charge in [-0.05, 0) is 24.1 Å². The van der Waals surface area contributed by atoms with Crippen molar-refractivity contribution >= 4 is 11.6 Å². The third-order valence-corrected chi connectivity index (χ3v) is 2.83. The average Bonchev–Trinajstić information content (AvgIpc) is 2.29. The fourth-order valence-corrected chi connectivity index (χ4v) is 1.74. The molecule has 0 aliphatic rings. The topological polar surface area (TPSA) is 46.3 Å². The number of anilines is 1. The number of nitrogens with zero attached hydrogens (tertiary/aromatic N) is 1. The van der Waals surface area contributed by atoms with Crippen molar-refractivity contribution in [2.75, 3.05) is 19.3 Å². The first-order valence-electron chi connectivity index (χ1n) is 6.22. The summed E-state index contributed by atoms with van der Waals surface area (Å²) in [5, 5.41) is 0. The predicted molar refractivity (Wildman–Crippen MR) is 71.7 cm³/mol. The first kappa shape index (κ1) is 13.6. The summed E-state index contributed by atoms with van der Waals surface area (Å²) in [6, 6.07) is 7.51. The molecule has 2 N–H and O–H groups in total. The molecule has 1 aromatic carbocycles. The van der Waals surface area contributed by atoms with Crippen LogP contribution in [0.4, 0.5) is 5.69 Å². The van der Waals surface area contributed by atoms with E-state index in [1.807, 2.05) is 31.3 Å². The van der Waals surface area contributed by atoms with Gasteiger partial charge in [-0.2, -0.15) is 0 Å².